The van der Waals surface area contributed by atoms with Gasteiger partial charge in [0.05, 0.1) is 0 Å². The molecule has 3 aliphatic rings. The van der Waals surface area contributed by atoms with Crippen molar-refractivity contribution < 1.29 is 9.47 Å². The molecular formula is C19H32O2S. The highest BCUT2D eigenvalue weighted by Gasteiger charge is 2.58. The Morgan fingerprint density at radius 3 is 2.64 bits per heavy atom. The molecule has 2 aliphatic carbocycles. The summed E-state index contributed by atoms with van der Waals surface area (Å²) in [4.78, 5) is 0. The van der Waals surface area contributed by atoms with Crippen LogP contribution in [0.4, 0.5) is 0 Å². The summed E-state index contributed by atoms with van der Waals surface area (Å²) in [6, 6.07) is 0. The lowest BCUT2D eigenvalue weighted by atomic mass is 9.61. The minimum Gasteiger partial charge on any atom is -0.450 e. The molecule has 1 aliphatic heterocycles. The normalized spacial score (nSPS) is 41.8. The predicted octanol–water partition coefficient (Wildman–Crippen LogP) is 5.34. The number of fused-ring (bicyclic) bond motifs is 3. The summed E-state index contributed by atoms with van der Waals surface area (Å²) >= 11 is 5.15. The van der Waals surface area contributed by atoms with Gasteiger partial charge in [-0.15, -0.1) is 0 Å². The summed E-state index contributed by atoms with van der Waals surface area (Å²) in [5.41, 5.74) is 0.432. The summed E-state index contributed by atoms with van der Waals surface area (Å²) in [5.74, 6) is 3.16. The number of hydrogen-bond donors (Lipinski definition) is 0. The van der Waals surface area contributed by atoms with E-state index >= 15 is 0 Å². The van der Waals surface area contributed by atoms with Crippen LogP contribution in [0.1, 0.15) is 72.6 Å². The lowest BCUT2D eigenvalue weighted by Crippen LogP contribution is -2.46. The Hall–Kier alpha value is -0.310. The van der Waals surface area contributed by atoms with Crippen LogP contribution in [0, 0.1) is 29.1 Å². The lowest BCUT2D eigenvalue weighted by Gasteiger charge is -2.46. The summed E-state index contributed by atoms with van der Waals surface area (Å²) < 4.78 is 11.6. The fourth-order valence-electron chi connectivity index (χ4n) is 5.61. The van der Waals surface area contributed by atoms with Crippen molar-refractivity contribution >= 4 is 17.5 Å². The maximum Gasteiger partial charge on any atom is 0.353 e. The van der Waals surface area contributed by atoms with Crippen molar-refractivity contribution in [3.05, 3.63) is 0 Å². The second kappa shape index (κ2) is 6.30. The molecule has 3 fully saturated rings. The van der Waals surface area contributed by atoms with Gasteiger partial charge in [-0.2, -0.15) is 0 Å². The van der Waals surface area contributed by atoms with Gasteiger partial charge in [-0.1, -0.05) is 47.0 Å². The van der Waals surface area contributed by atoms with Crippen LogP contribution in [0.15, 0.2) is 0 Å². The quantitative estimate of drug-likeness (QED) is 0.636. The molecular weight excluding hydrogens is 292 g/mol. The van der Waals surface area contributed by atoms with E-state index in [0.717, 1.165) is 24.2 Å². The van der Waals surface area contributed by atoms with Gasteiger partial charge in [-0.05, 0) is 48.9 Å². The number of hydrogen-bond acceptors (Lipinski definition) is 3. The zero-order valence-electron chi connectivity index (χ0n) is 14.6. The molecule has 0 aromatic heterocycles. The SMILES string of the molecule is CC(C)CCC[C@@H](C)[C@H]1CC[C@H]2[C@H]3OC(=S)O[C@H]3CC[C@]12C. The average Bonchev–Trinajstić information content (AvgIpc) is 2.97. The maximum absolute atomic E-state index is 5.89. The first kappa shape index (κ1) is 16.5. The van der Waals surface area contributed by atoms with Crippen LogP contribution >= 0.6 is 12.2 Å². The Labute approximate surface area is 141 Å². The van der Waals surface area contributed by atoms with Gasteiger partial charge in [-0.25, -0.2) is 0 Å². The van der Waals surface area contributed by atoms with Crippen LogP contribution in [0.2, 0.25) is 0 Å². The molecule has 1 heterocycles. The molecule has 0 aromatic carbocycles. The minimum atomic E-state index is 0.235. The first-order chi connectivity index (χ1) is 10.4. The van der Waals surface area contributed by atoms with Crippen molar-refractivity contribution in [2.24, 2.45) is 29.1 Å². The highest BCUT2D eigenvalue weighted by molar-refractivity contribution is 7.79. The zero-order valence-corrected chi connectivity index (χ0v) is 15.5. The van der Waals surface area contributed by atoms with Gasteiger partial charge >= 0.3 is 5.24 Å². The van der Waals surface area contributed by atoms with Gasteiger partial charge in [-0.3, -0.25) is 0 Å². The topological polar surface area (TPSA) is 18.5 Å². The van der Waals surface area contributed by atoms with Gasteiger partial charge in [0, 0.05) is 18.1 Å². The Bertz CT molecular complexity index is 422. The average molecular weight is 325 g/mol. The van der Waals surface area contributed by atoms with Crippen LogP contribution in [0.3, 0.4) is 0 Å². The summed E-state index contributed by atoms with van der Waals surface area (Å²) in [6.45, 7) is 9.68. The fraction of sp³-hybridized carbons (Fsp3) is 0.947. The summed E-state index contributed by atoms with van der Waals surface area (Å²) in [7, 11) is 0. The zero-order chi connectivity index (χ0) is 15.9. The van der Waals surface area contributed by atoms with Crippen LogP contribution in [0.5, 0.6) is 0 Å². The first-order valence-electron chi connectivity index (χ1n) is 9.29. The second-order valence-corrected chi connectivity index (χ2v) is 8.96. The van der Waals surface area contributed by atoms with E-state index < -0.39 is 0 Å². The Balaban J connectivity index is 1.65. The van der Waals surface area contributed by atoms with E-state index in [2.05, 4.69) is 27.7 Å². The molecule has 22 heavy (non-hydrogen) atoms. The van der Waals surface area contributed by atoms with E-state index in [1.807, 2.05) is 0 Å². The van der Waals surface area contributed by atoms with Crippen LogP contribution in [0.25, 0.3) is 0 Å². The molecule has 0 amide bonds. The van der Waals surface area contributed by atoms with Crippen molar-refractivity contribution in [1.29, 1.82) is 0 Å². The highest BCUT2D eigenvalue weighted by atomic mass is 32.1. The van der Waals surface area contributed by atoms with Crippen LogP contribution < -0.4 is 0 Å². The first-order valence-corrected chi connectivity index (χ1v) is 9.70. The molecule has 6 atom stereocenters. The molecule has 0 bridgehead atoms. The van der Waals surface area contributed by atoms with Gasteiger partial charge in [0.2, 0.25) is 0 Å². The minimum absolute atomic E-state index is 0.235. The Kier molecular flexibility index (Phi) is 4.74. The molecule has 126 valence electrons. The van der Waals surface area contributed by atoms with Crippen molar-refractivity contribution in [3.63, 3.8) is 0 Å². The van der Waals surface area contributed by atoms with E-state index in [1.165, 1.54) is 38.5 Å². The van der Waals surface area contributed by atoms with Gasteiger partial charge in [0.1, 0.15) is 12.2 Å². The molecule has 0 unspecified atom stereocenters. The van der Waals surface area contributed by atoms with E-state index in [4.69, 9.17) is 21.7 Å². The largest absolute Gasteiger partial charge is 0.450 e. The Morgan fingerprint density at radius 2 is 1.91 bits per heavy atom. The third-order valence-electron chi connectivity index (χ3n) is 6.82. The Morgan fingerprint density at radius 1 is 1.14 bits per heavy atom. The van der Waals surface area contributed by atoms with Gasteiger partial charge in [0.25, 0.3) is 0 Å². The maximum atomic E-state index is 5.89. The summed E-state index contributed by atoms with van der Waals surface area (Å²) in [6.07, 6.45) is 9.66. The number of rotatable bonds is 5. The molecule has 0 spiro atoms. The van der Waals surface area contributed by atoms with Crippen LogP contribution in [-0.4, -0.2) is 17.4 Å². The standard InChI is InChI=1S/C19H32O2S/c1-12(2)6-5-7-13(3)14-8-9-15-17-16(20-18(22)21-17)10-11-19(14,15)4/h12-17H,5-11H2,1-4H3/t13-,14-,15+,16+,17-,19-/m1/s1. The van der Waals surface area contributed by atoms with Gasteiger partial charge < -0.3 is 9.47 Å². The van der Waals surface area contributed by atoms with E-state index in [1.54, 1.807) is 0 Å². The monoisotopic (exact) mass is 324 g/mol. The van der Waals surface area contributed by atoms with Crippen LogP contribution in [-0.2, 0) is 9.47 Å². The van der Waals surface area contributed by atoms with Crippen molar-refractivity contribution in [2.45, 2.75) is 84.8 Å². The lowest BCUT2D eigenvalue weighted by molar-refractivity contribution is -0.0377. The van der Waals surface area contributed by atoms with Crippen molar-refractivity contribution in [2.75, 3.05) is 0 Å². The molecule has 0 aromatic rings. The van der Waals surface area contributed by atoms with Crippen molar-refractivity contribution in [1.82, 2.24) is 0 Å². The predicted molar refractivity (Wildman–Crippen MR) is 93.8 cm³/mol. The van der Waals surface area contributed by atoms with Crippen molar-refractivity contribution in [3.8, 4) is 0 Å². The number of ether oxygens (including phenoxy) is 2. The third kappa shape index (κ3) is 2.90. The van der Waals surface area contributed by atoms with E-state index in [9.17, 15) is 0 Å². The number of thiocarbonyl (C=S) groups is 1. The molecule has 1 saturated heterocycles. The highest BCUT2D eigenvalue weighted by Crippen LogP contribution is 2.60. The second-order valence-electron chi connectivity index (χ2n) is 8.63. The fourth-order valence-corrected chi connectivity index (χ4v) is 5.85. The molecule has 0 N–H and O–H groups in total. The van der Waals surface area contributed by atoms with Gasteiger partial charge in [0.15, 0.2) is 0 Å². The molecule has 0 radical (unpaired) electrons. The third-order valence-corrected chi connectivity index (χ3v) is 7.01. The molecule has 2 nitrogen and oxygen atoms in total. The van der Waals surface area contributed by atoms with E-state index in [-0.39, 0.29) is 12.2 Å². The molecule has 3 heteroatoms. The van der Waals surface area contributed by atoms with E-state index in [0.29, 0.717) is 16.6 Å². The molecule has 2 saturated carbocycles. The summed E-state index contributed by atoms with van der Waals surface area (Å²) in [5, 5.41) is 0.396. The smallest absolute Gasteiger partial charge is 0.353 e. The molecule has 3 rings (SSSR count).